The van der Waals surface area contributed by atoms with Gasteiger partial charge in [0, 0.05) is 0 Å². The molecule has 7 heavy (non-hydrogen) atoms. The van der Waals surface area contributed by atoms with Crippen molar-refractivity contribution in [2.75, 3.05) is 0 Å². The third-order valence-corrected chi connectivity index (χ3v) is 0.689. The smallest absolute Gasteiger partial charge is 0.318 e. The molecule has 0 aliphatic heterocycles. The number of aromatic amines is 1. The summed E-state index contributed by atoms with van der Waals surface area (Å²) in [7, 11) is 0. The predicted molar refractivity (Wildman–Crippen MR) is 22.1 cm³/mol. The van der Waals surface area contributed by atoms with Crippen molar-refractivity contribution in [3.05, 3.63) is 15.6 Å². The van der Waals surface area contributed by atoms with Gasteiger partial charge in [-0.15, -0.1) is 10.4 Å². The zero-order valence-corrected chi connectivity index (χ0v) is 3.90. The number of H-pyrrole nitrogens is 1. The molecule has 0 fully saturated rings. The van der Waals surface area contributed by atoms with E-state index in [2.05, 4.69) is 9.62 Å². The Morgan fingerprint density at radius 1 is 1.86 bits per heavy atom. The zero-order valence-electron chi connectivity index (χ0n) is 3.14. The lowest BCUT2D eigenvalue weighted by Gasteiger charge is -1.55. The van der Waals surface area contributed by atoms with Crippen LogP contribution in [0.2, 0.25) is 5.15 Å². The molecule has 1 aromatic heterocycles. The fourth-order valence-electron chi connectivity index (χ4n) is 0.192. The second-order valence-electron chi connectivity index (χ2n) is 0.883. The van der Waals surface area contributed by atoms with Gasteiger partial charge in [-0.3, -0.25) is 0 Å². The normalized spacial score (nSPS) is 9.29. The van der Waals surface area contributed by atoms with E-state index in [0.717, 1.165) is 0 Å². The van der Waals surface area contributed by atoms with Crippen molar-refractivity contribution in [2.45, 2.75) is 0 Å². The predicted octanol–water partition coefficient (Wildman–Crippen LogP) is 0.0163. The fraction of sp³-hybridized carbons (Fsp3) is 0. The van der Waals surface area contributed by atoms with Crippen molar-refractivity contribution >= 4 is 11.6 Å². The first kappa shape index (κ1) is 4.39. The Balaban J connectivity index is 3.39. The van der Waals surface area contributed by atoms with Crippen LogP contribution in [0.3, 0.4) is 0 Å². The minimum Gasteiger partial charge on any atom is -0.318 e. The first-order chi connectivity index (χ1) is 3.30. The van der Waals surface area contributed by atoms with Gasteiger partial charge in [0.1, 0.15) is 0 Å². The highest BCUT2D eigenvalue weighted by atomic mass is 35.5. The lowest BCUT2D eigenvalue weighted by atomic mass is 10.9. The number of aromatic nitrogens is 2. The fourth-order valence-corrected chi connectivity index (χ4v) is 0.265. The molecule has 1 N–H and O–H groups in total. The average Bonchev–Trinajstić information content (AvgIpc) is 1.91. The molecule has 0 saturated carbocycles. The van der Waals surface area contributed by atoms with Crippen molar-refractivity contribution < 1.29 is 4.52 Å². The minimum atomic E-state index is -0.637. The van der Waals surface area contributed by atoms with Gasteiger partial charge in [-0.2, -0.15) is 0 Å². The summed E-state index contributed by atoms with van der Waals surface area (Å²) in [6.45, 7) is 0. The van der Waals surface area contributed by atoms with E-state index < -0.39 is 5.63 Å². The molecule has 0 radical (unpaired) electrons. The highest BCUT2D eigenvalue weighted by molar-refractivity contribution is 6.29. The van der Waals surface area contributed by atoms with E-state index in [1.54, 1.807) is 0 Å². The van der Waals surface area contributed by atoms with E-state index in [1.807, 2.05) is 5.27 Å². The van der Waals surface area contributed by atoms with Gasteiger partial charge >= 0.3 is 5.63 Å². The van der Waals surface area contributed by atoms with Gasteiger partial charge < -0.3 is 4.52 Å². The van der Waals surface area contributed by atoms with Crippen LogP contribution in [0.5, 0.6) is 0 Å². The van der Waals surface area contributed by atoms with Crippen molar-refractivity contribution in [2.24, 2.45) is 0 Å². The quantitative estimate of drug-likeness (QED) is 0.525. The zero-order chi connectivity index (χ0) is 5.28. The van der Waals surface area contributed by atoms with Crippen molar-refractivity contribution in [1.29, 1.82) is 0 Å². The highest BCUT2D eigenvalue weighted by Gasteiger charge is 1.95. The van der Waals surface area contributed by atoms with Crippen molar-refractivity contribution in [3.8, 4) is 0 Å². The summed E-state index contributed by atoms with van der Waals surface area (Å²) < 4.78 is 4.04. The molecule has 0 amide bonds. The van der Waals surface area contributed by atoms with Crippen molar-refractivity contribution in [1.82, 2.24) is 10.4 Å². The van der Waals surface area contributed by atoms with Crippen LogP contribution >= 0.6 is 11.6 Å². The first-order valence-electron chi connectivity index (χ1n) is 1.50. The monoisotopic (exact) mass is 120 g/mol. The maximum atomic E-state index is 10.0. The van der Waals surface area contributed by atoms with Gasteiger partial charge in [0.2, 0.25) is 5.15 Å². The van der Waals surface area contributed by atoms with Crippen molar-refractivity contribution in [3.63, 3.8) is 0 Å². The number of hydrogen-bond acceptors (Lipinski definition) is 3. The molecular formula is C2HClN2O2. The second-order valence-corrected chi connectivity index (χ2v) is 1.24. The van der Waals surface area contributed by atoms with Crippen LogP contribution in [0.1, 0.15) is 0 Å². The van der Waals surface area contributed by atoms with Crippen LogP contribution < -0.4 is 5.63 Å². The molecule has 0 aromatic carbocycles. The lowest BCUT2D eigenvalue weighted by molar-refractivity contribution is 0.368. The highest BCUT2D eigenvalue weighted by Crippen LogP contribution is 1.88. The summed E-state index contributed by atoms with van der Waals surface area (Å²) in [5.74, 6) is 0. The summed E-state index contributed by atoms with van der Waals surface area (Å²) >= 11 is 5.08. The molecule has 0 aliphatic rings. The number of hydrogen-bond donors (Lipinski definition) is 1. The van der Waals surface area contributed by atoms with E-state index >= 15 is 0 Å². The Morgan fingerprint density at radius 2 is 2.57 bits per heavy atom. The minimum absolute atomic E-state index is 0.167. The molecule has 1 aromatic rings. The van der Waals surface area contributed by atoms with Crippen LogP contribution in [0.25, 0.3) is 0 Å². The summed E-state index contributed by atoms with van der Waals surface area (Å²) in [4.78, 5) is 10.0. The number of halogens is 1. The van der Waals surface area contributed by atoms with Gasteiger partial charge in [-0.05, 0) is 0 Å². The maximum absolute atomic E-state index is 10.0. The van der Waals surface area contributed by atoms with Crippen LogP contribution in [0.15, 0.2) is 9.32 Å². The lowest BCUT2D eigenvalue weighted by Crippen LogP contribution is -1.89. The molecule has 5 heteroatoms. The van der Waals surface area contributed by atoms with E-state index in [-0.39, 0.29) is 5.15 Å². The van der Waals surface area contributed by atoms with Gasteiger partial charge in [-0.25, -0.2) is 4.79 Å². The topological polar surface area (TPSA) is 58.9 Å². The molecule has 4 nitrogen and oxygen atoms in total. The van der Waals surface area contributed by atoms with Gasteiger partial charge in [-0.1, -0.05) is 11.6 Å². The maximum Gasteiger partial charge on any atom is 0.396 e. The van der Waals surface area contributed by atoms with E-state index in [9.17, 15) is 4.79 Å². The molecule has 0 aliphatic carbocycles. The third kappa shape index (κ3) is 0.640. The first-order valence-corrected chi connectivity index (χ1v) is 1.88. The summed E-state index contributed by atoms with van der Waals surface area (Å²) in [5.41, 5.74) is -0.637. The molecule has 0 spiro atoms. The molecule has 0 bridgehead atoms. The number of nitrogens with one attached hydrogen (secondary N) is 1. The van der Waals surface area contributed by atoms with Gasteiger partial charge in [0.05, 0.1) is 0 Å². The van der Waals surface area contributed by atoms with Crippen LogP contribution in [-0.2, 0) is 0 Å². The Bertz CT molecular complexity index is 201. The van der Waals surface area contributed by atoms with E-state index in [4.69, 9.17) is 11.6 Å². The van der Waals surface area contributed by atoms with Crippen LogP contribution in [0.4, 0.5) is 0 Å². The molecule has 1 heterocycles. The number of nitrogens with zero attached hydrogens (tertiary/aromatic N) is 1. The average molecular weight is 120 g/mol. The Morgan fingerprint density at radius 3 is 2.71 bits per heavy atom. The second kappa shape index (κ2) is 1.38. The Hall–Kier alpha value is -0.770. The summed E-state index contributed by atoms with van der Waals surface area (Å²) in [5, 5.41) is 4.94. The van der Waals surface area contributed by atoms with E-state index in [1.165, 1.54) is 0 Å². The third-order valence-electron chi connectivity index (χ3n) is 0.451. The van der Waals surface area contributed by atoms with Gasteiger partial charge in [0.25, 0.3) is 0 Å². The SMILES string of the molecule is O=c1o[nH]nc1Cl. The largest absolute Gasteiger partial charge is 0.396 e. The van der Waals surface area contributed by atoms with Crippen LogP contribution in [-0.4, -0.2) is 10.4 Å². The number of rotatable bonds is 0. The molecule has 1 rings (SSSR count). The molecule has 0 unspecified atom stereocenters. The van der Waals surface area contributed by atoms with Gasteiger partial charge in [0.15, 0.2) is 0 Å². The molecule has 38 valence electrons. The Kier molecular flexibility index (Phi) is 0.867. The molecular weight excluding hydrogens is 119 g/mol. The summed E-state index contributed by atoms with van der Waals surface area (Å²) in [6, 6.07) is 0. The summed E-state index contributed by atoms with van der Waals surface area (Å²) in [6.07, 6.45) is 0. The standard InChI is InChI=1S/C2HClN2O2/c3-1-2(6)7-5-4-1/h5H. The Labute approximate surface area is 43.0 Å². The van der Waals surface area contributed by atoms with Crippen LogP contribution in [0, 0.1) is 0 Å². The molecule has 0 atom stereocenters. The molecule has 0 saturated heterocycles. The van der Waals surface area contributed by atoms with E-state index in [0.29, 0.717) is 0 Å².